The Balaban J connectivity index is 1.49. The van der Waals surface area contributed by atoms with E-state index in [9.17, 15) is 13.4 Å². The number of hydrogen-bond donors (Lipinski definition) is 2. The topological polar surface area (TPSA) is 116 Å². The minimum Gasteiger partial charge on any atom is -0.531 e. The van der Waals surface area contributed by atoms with Crippen molar-refractivity contribution < 1.29 is 18.1 Å². The average molecular weight is 385 g/mol. The van der Waals surface area contributed by atoms with Crippen molar-refractivity contribution >= 4 is 33.6 Å². The zero-order valence-electron chi connectivity index (χ0n) is 14.8. The summed E-state index contributed by atoms with van der Waals surface area (Å²) in [6.07, 6.45) is 5.63. The fourth-order valence-electron chi connectivity index (χ4n) is 4.06. The Morgan fingerprint density at radius 2 is 2.26 bits per heavy atom. The predicted molar refractivity (Wildman–Crippen MR) is 102 cm³/mol. The van der Waals surface area contributed by atoms with Crippen LogP contribution in [0.5, 0.6) is 5.75 Å². The lowest BCUT2D eigenvalue weighted by molar-refractivity contribution is 0.273. The second-order valence-electron chi connectivity index (χ2n) is 7.28. The van der Waals surface area contributed by atoms with E-state index in [2.05, 4.69) is 9.97 Å². The normalized spacial score (nSPS) is 21.8. The molecule has 0 bridgehead atoms. The van der Waals surface area contributed by atoms with Gasteiger partial charge in [-0.25, -0.2) is 13.4 Å². The molecule has 0 atom stereocenters. The van der Waals surface area contributed by atoms with Gasteiger partial charge in [0.05, 0.1) is 23.8 Å². The Morgan fingerprint density at radius 3 is 3.04 bits per heavy atom. The van der Waals surface area contributed by atoms with E-state index in [0.717, 1.165) is 35.0 Å². The molecular weight excluding hydrogens is 365 g/mol. The third-order valence-corrected chi connectivity index (χ3v) is 7.21. The van der Waals surface area contributed by atoms with Crippen LogP contribution in [-0.2, 0) is 9.84 Å². The maximum atomic E-state index is 12.2. The summed E-state index contributed by atoms with van der Waals surface area (Å²) in [5, 5.41) is 19.5. The number of rotatable bonds is 6. The lowest BCUT2D eigenvalue weighted by atomic mass is 9.66. The summed E-state index contributed by atoms with van der Waals surface area (Å²) in [4.78, 5) is 7.39. The number of pyridine rings is 1. The second-order valence-corrected chi connectivity index (χ2v) is 9.51. The number of H-pyrrole nitrogens is 1. The Hall–Kier alpha value is -2.31. The fraction of sp³-hybridized carbons (Fsp3) is 0.444. The van der Waals surface area contributed by atoms with Crippen LogP contribution in [0.3, 0.4) is 0 Å². The van der Waals surface area contributed by atoms with Crippen LogP contribution in [0.1, 0.15) is 31.2 Å². The van der Waals surface area contributed by atoms with Gasteiger partial charge in [-0.2, -0.15) is 5.26 Å². The maximum absolute atomic E-state index is 12.2. The van der Waals surface area contributed by atoms with Gasteiger partial charge in [-0.3, -0.25) is 0 Å². The first-order valence-electron chi connectivity index (χ1n) is 9.07. The van der Waals surface area contributed by atoms with Gasteiger partial charge in [0.2, 0.25) is 0 Å². The third-order valence-electron chi connectivity index (χ3n) is 5.32. The van der Waals surface area contributed by atoms with Crippen LogP contribution in [0.15, 0.2) is 24.4 Å². The van der Waals surface area contributed by atoms with E-state index in [1.165, 1.54) is 0 Å². The Kier molecular flexibility index (Phi) is 4.70. The lowest BCUT2D eigenvalue weighted by Gasteiger charge is -2.38. The molecular formula is C18H20BN3O4S. The Morgan fingerprint density at radius 1 is 1.44 bits per heavy atom. The van der Waals surface area contributed by atoms with Gasteiger partial charge >= 0.3 is 7.12 Å². The molecule has 2 aromatic rings. The molecule has 1 aliphatic carbocycles. The summed E-state index contributed by atoms with van der Waals surface area (Å²) in [7, 11) is -4.14. The van der Waals surface area contributed by atoms with Gasteiger partial charge in [0.1, 0.15) is 11.4 Å². The molecule has 2 aromatic heterocycles. The fourth-order valence-corrected chi connectivity index (χ4v) is 5.80. The highest BCUT2D eigenvalue weighted by Crippen LogP contribution is 2.48. The van der Waals surface area contributed by atoms with E-state index >= 15 is 0 Å². The minimum atomic E-state index is -3.12. The summed E-state index contributed by atoms with van der Waals surface area (Å²) >= 11 is 0. The quantitative estimate of drug-likeness (QED) is 0.581. The minimum absolute atomic E-state index is 0.0788. The van der Waals surface area contributed by atoms with E-state index in [0.29, 0.717) is 12.2 Å². The first-order valence-corrected chi connectivity index (χ1v) is 10.9. The van der Waals surface area contributed by atoms with Crippen LogP contribution in [0.25, 0.3) is 16.6 Å². The SMILES string of the molecule is N#CCCCS(=O)(=O)CC1CC(C2=CB(O)Oc3cnc4[nH]ccc4c32)C1. The largest absolute Gasteiger partial charge is 0.552 e. The van der Waals surface area contributed by atoms with Crippen molar-refractivity contribution in [3.05, 3.63) is 30.0 Å². The average Bonchev–Trinajstić information content (AvgIpc) is 3.05. The predicted octanol–water partition coefficient (Wildman–Crippen LogP) is 2.10. The molecule has 27 heavy (non-hydrogen) atoms. The van der Waals surface area contributed by atoms with Gasteiger partial charge in [-0.05, 0) is 48.7 Å². The number of unbranched alkanes of at least 4 members (excludes halogenated alkanes) is 1. The van der Waals surface area contributed by atoms with E-state index in [1.807, 2.05) is 18.3 Å². The van der Waals surface area contributed by atoms with Crippen LogP contribution in [-0.4, -0.2) is 42.0 Å². The van der Waals surface area contributed by atoms with Gasteiger partial charge in [0, 0.05) is 23.6 Å². The molecule has 2 N–H and O–H groups in total. The standard InChI is InChI=1S/C18H20BN3O4S/c20-4-1-2-6-27(24,25)11-12-7-13(8-12)15-9-19(23)26-16-10-22-18-14(17(15)16)3-5-21-18/h3,5,9-10,12-13,23H,1-2,6-8,11H2,(H,21,22). The molecule has 140 valence electrons. The zero-order chi connectivity index (χ0) is 19.0. The molecule has 0 unspecified atom stereocenters. The van der Waals surface area contributed by atoms with Gasteiger partial charge < -0.3 is 14.7 Å². The number of hydrogen-bond acceptors (Lipinski definition) is 6. The molecule has 0 amide bonds. The van der Waals surface area contributed by atoms with Crippen LogP contribution >= 0.6 is 0 Å². The molecule has 3 heterocycles. The van der Waals surface area contributed by atoms with Gasteiger partial charge in [0.15, 0.2) is 9.84 Å². The summed E-state index contributed by atoms with van der Waals surface area (Å²) in [5.74, 6) is 2.84. The number of aromatic nitrogens is 2. The van der Waals surface area contributed by atoms with Crippen LogP contribution in [0.2, 0.25) is 0 Å². The molecule has 0 saturated heterocycles. The summed E-state index contributed by atoms with van der Waals surface area (Å²) < 4.78 is 29.9. The van der Waals surface area contributed by atoms with Crippen LogP contribution < -0.4 is 4.65 Å². The molecule has 2 aliphatic rings. The summed E-state index contributed by atoms with van der Waals surface area (Å²) in [6.45, 7) is 0. The van der Waals surface area contributed by atoms with Crippen molar-refractivity contribution in [2.24, 2.45) is 11.8 Å². The highest BCUT2D eigenvalue weighted by atomic mass is 32.2. The molecule has 4 rings (SSSR count). The van der Waals surface area contributed by atoms with Crippen molar-refractivity contribution in [3.8, 4) is 11.8 Å². The van der Waals surface area contributed by atoms with Crippen molar-refractivity contribution in [1.29, 1.82) is 5.26 Å². The smallest absolute Gasteiger partial charge is 0.531 e. The van der Waals surface area contributed by atoms with Crippen LogP contribution in [0.4, 0.5) is 0 Å². The Bertz CT molecular complexity index is 1030. The highest BCUT2D eigenvalue weighted by molar-refractivity contribution is 7.91. The molecule has 7 nitrogen and oxygen atoms in total. The summed E-state index contributed by atoms with van der Waals surface area (Å²) in [5.41, 5.74) is 2.70. The molecule has 1 saturated carbocycles. The summed E-state index contributed by atoms with van der Waals surface area (Å²) in [6, 6.07) is 3.92. The molecule has 9 heteroatoms. The number of sulfone groups is 1. The number of nitrogens with one attached hydrogen (secondary N) is 1. The number of allylic oxidation sites excluding steroid dienone is 1. The number of nitrogens with zero attached hydrogens (tertiary/aromatic N) is 2. The molecule has 1 aliphatic heterocycles. The molecule has 0 radical (unpaired) electrons. The maximum Gasteiger partial charge on any atom is 0.552 e. The molecule has 0 spiro atoms. The highest BCUT2D eigenvalue weighted by Gasteiger charge is 2.39. The van der Waals surface area contributed by atoms with Crippen molar-refractivity contribution in [2.75, 3.05) is 11.5 Å². The van der Waals surface area contributed by atoms with Crippen molar-refractivity contribution in [3.63, 3.8) is 0 Å². The monoisotopic (exact) mass is 385 g/mol. The van der Waals surface area contributed by atoms with Gasteiger partial charge in [0.25, 0.3) is 0 Å². The molecule has 0 aromatic carbocycles. The second kappa shape index (κ2) is 7.02. The van der Waals surface area contributed by atoms with Crippen LogP contribution in [0, 0.1) is 23.2 Å². The van der Waals surface area contributed by atoms with E-state index in [-0.39, 0.29) is 29.8 Å². The van der Waals surface area contributed by atoms with Crippen molar-refractivity contribution in [2.45, 2.75) is 25.7 Å². The third kappa shape index (κ3) is 3.60. The van der Waals surface area contributed by atoms with E-state index in [4.69, 9.17) is 9.92 Å². The van der Waals surface area contributed by atoms with Crippen molar-refractivity contribution in [1.82, 2.24) is 9.97 Å². The van der Waals surface area contributed by atoms with Gasteiger partial charge in [-0.1, -0.05) is 0 Å². The zero-order valence-corrected chi connectivity index (χ0v) is 15.6. The Labute approximate surface area is 158 Å². The van der Waals surface area contributed by atoms with Gasteiger partial charge in [-0.15, -0.1) is 0 Å². The lowest BCUT2D eigenvalue weighted by Crippen LogP contribution is -2.34. The van der Waals surface area contributed by atoms with E-state index < -0.39 is 17.0 Å². The number of nitriles is 1. The first-order chi connectivity index (χ1) is 13.0. The molecule has 1 fully saturated rings. The first kappa shape index (κ1) is 18.1. The number of fused-ring (bicyclic) bond motifs is 3. The number of aromatic amines is 1. The van der Waals surface area contributed by atoms with E-state index in [1.54, 1.807) is 12.2 Å².